The van der Waals surface area contributed by atoms with Gasteiger partial charge in [-0.2, -0.15) is 0 Å². The molecular formula is C17H27BrN2O. The van der Waals surface area contributed by atoms with Gasteiger partial charge in [-0.05, 0) is 59.6 Å². The van der Waals surface area contributed by atoms with Gasteiger partial charge >= 0.3 is 0 Å². The van der Waals surface area contributed by atoms with Gasteiger partial charge < -0.3 is 10.1 Å². The van der Waals surface area contributed by atoms with E-state index in [1.807, 2.05) is 6.20 Å². The molecule has 2 unspecified atom stereocenters. The van der Waals surface area contributed by atoms with Gasteiger partial charge in [0.05, 0.1) is 0 Å². The van der Waals surface area contributed by atoms with Crippen LogP contribution >= 0.6 is 15.9 Å². The molecule has 2 atom stereocenters. The molecule has 0 radical (unpaired) electrons. The molecule has 1 N–H and O–H groups in total. The number of nitrogens with one attached hydrogen (secondary N) is 1. The molecule has 0 saturated heterocycles. The van der Waals surface area contributed by atoms with Crippen molar-refractivity contribution in [1.82, 2.24) is 10.3 Å². The van der Waals surface area contributed by atoms with E-state index in [1.165, 1.54) is 19.3 Å². The molecule has 21 heavy (non-hydrogen) atoms. The van der Waals surface area contributed by atoms with Gasteiger partial charge in [0.2, 0.25) is 5.88 Å². The molecule has 1 aliphatic carbocycles. The first kappa shape index (κ1) is 16.8. The summed E-state index contributed by atoms with van der Waals surface area (Å²) in [4.78, 5) is 4.50. The van der Waals surface area contributed by atoms with Crippen molar-refractivity contribution in [3.8, 4) is 5.88 Å². The van der Waals surface area contributed by atoms with Crippen LogP contribution in [-0.2, 0) is 6.54 Å². The van der Waals surface area contributed by atoms with Crippen molar-refractivity contribution in [2.45, 2.75) is 59.1 Å². The highest BCUT2D eigenvalue weighted by atomic mass is 79.9. The maximum atomic E-state index is 6.24. The lowest BCUT2D eigenvalue weighted by molar-refractivity contribution is 0.0962. The molecule has 0 aliphatic heterocycles. The SMILES string of the molecule is CC(C)CNCc1cc(Br)cnc1OC1CCCCC1C. The maximum Gasteiger partial charge on any atom is 0.218 e. The van der Waals surface area contributed by atoms with Gasteiger partial charge in [0.25, 0.3) is 0 Å². The Balaban J connectivity index is 2.03. The van der Waals surface area contributed by atoms with Gasteiger partial charge in [0, 0.05) is 22.8 Å². The maximum absolute atomic E-state index is 6.24. The Hall–Kier alpha value is -0.610. The zero-order chi connectivity index (χ0) is 15.2. The highest BCUT2D eigenvalue weighted by molar-refractivity contribution is 9.10. The molecule has 118 valence electrons. The Morgan fingerprint density at radius 2 is 2.14 bits per heavy atom. The standard InChI is InChI=1S/C17H27BrN2O/c1-12(2)9-19-10-14-8-15(18)11-20-17(14)21-16-7-5-4-6-13(16)3/h8,11-13,16,19H,4-7,9-10H2,1-3H3. The van der Waals surface area contributed by atoms with Crippen molar-refractivity contribution in [1.29, 1.82) is 0 Å². The van der Waals surface area contributed by atoms with Crippen molar-refractivity contribution in [3.05, 3.63) is 22.3 Å². The number of halogens is 1. The van der Waals surface area contributed by atoms with Crippen LogP contribution in [0.1, 0.15) is 52.0 Å². The summed E-state index contributed by atoms with van der Waals surface area (Å²) >= 11 is 3.51. The first-order valence-electron chi connectivity index (χ1n) is 8.08. The van der Waals surface area contributed by atoms with Crippen LogP contribution in [0.15, 0.2) is 16.7 Å². The van der Waals surface area contributed by atoms with E-state index in [4.69, 9.17) is 4.74 Å². The van der Waals surface area contributed by atoms with Gasteiger partial charge in [-0.15, -0.1) is 0 Å². The van der Waals surface area contributed by atoms with E-state index < -0.39 is 0 Å². The zero-order valence-corrected chi connectivity index (χ0v) is 14.9. The fourth-order valence-electron chi connectivity index (χ4n) is 2.80. The van der Waals surface area contributed by atoms with Crippen molar-refractivity contribution in [2.75, 3.05) is 6.54 Å². The van der Waals surface area contributed by atoms with Crippen LogP contribution in [0.2, 0.25) is 0 Å². The molecule has 2 rings (SSSR count). The average molecular weight is 355 g/mol. The van der Waals surface area contributed by atoms with Crippen molar-refractivity contribution < 1.29 is 4.74 Å². The number of pyridine rings is 1. The predicted molar refractivity (Wildman–Crippen MR) is 90.5 cm³/mol. The van der Waals surface area contributed by atoms with Crippen molar-refractivity contribution in [3.63, 3.8) is 0 Å². The molecule has 0 bridgehead atoms. The summed E-state index contributed by atoms with van der Waals surface area (Å²) in [5.41, 5.74) is 1.14. The highest BCUT2D eigenvalue weighted by Crippen LogP contribution is 2.29. The van der Waals surface area contributed by atoms with E-state index in [0.717, 1.165) is 35.4 Å². The summed E-state index contributed by atoms with van der Waals surface area (Å²) in [6, 6.07) is 2.11. The van der Waals surface area contributed by atoms with Crippen LogP contribution in [0.3, 0.4) is 0 Å². The van der Waals surface area contributed by atoms with E-state index in [0.29, 0.717) is 17.9 Å². The summed E-state index contributed by atoms with van der Waals surface area (Å²) < 4.78 is 7.25. The summed E-state index contributed by atoms with van der Waals surface area (Å²) in [5.74, 6) is 2.07. The fourth-order valence-corrected chi connectivity index (χ4v) is 3.18. The Labute approximate surface area is 137 Å². The zero-order valence-electron chi connectivity index (χ0n) is 13.4. The second-order valence-corrected chi connectivity index (χ2v) is 7.48. The summed E-state index contributed by atoms with van der Waals surface area (Å²) in [6.07, 6.45) is 7.16. The molecule has 1 heterocycles. The van der Waals surface area contributed by atoms with Gasteiger partial charge in [0.1, 0.15) is 6.10 Å². The normalized spacial score (nSPS) is 22.5. The van der Waals surface area contributed by atoms with Crippen LogP contribution in [-0.4, -0.2) is 17.6 Å². The van der Waals surface area contributed by atoms with E-state index >= 15 is 0 Å². The second kappa shape index (κ2) is 8.14. The Morgan fingerprint density at radius 1 is 1.38 bits per heavy atom. The highest BCUT2D eigenvalue weighted by Gasteiger charge is 2.24. The van der Waals surface area contributed by atoms with Crippen LogP contribution in [0.4, 0.5) is 0 Å². The third kappa shape index (κ3) is 5.26. The third-order valence-electron chi connectivity index (χ3n) is 4.06. The summed E-state index contributed by atoms with van der Waals surface area (Å²) in [7, 11) is 0. The number of rotatable bonds is 6. The molecule has 0 amide bonds. The van der Waals surface area contributed by atoms with Crippen LogP contribution in [0.5, 0.6) is 5.88 Å². The number of nitrogens with zero attached hydrogens (tertiary/aromatic N) is 1. The lowest BCUT2D eigenvalue weighted by atomic mass is 9.88. The topological polar surface area (TPSA) is 34.2 Å². The van der Waals surface area contributed by atoms with E-state index in [-0.39, 0.29) is 0 Å². The third-order valence-corrected chi connectivity index (χ3v) is 4.49. The largest absolute Gasteiger partial charge is 0.474 e. The molecule has 1 saturated carbocycles. The number of hydrogen-bond donors (Lipinski definition) is 1. The number of ether oxygens (including phenoxy) is 1. The Bertz CT molecular complexity index is 450. The summed E-state index contributed by atoms with van der Waals surface area (Å²) in [5, 5.41) is 3.48. The average Bonchev–Trinajstić information content (AvgIpc) is 2.43. The molecule has 3 nitrogen and oxygen atoms in total. The van der Waals surface area contributed by atoms with Gasteiger partial charge in [0.15, 0.2) is 0 Å². The van der Waals surface area contributed by atoms with E-state index in [9.17, 15) is 0 Å². The fraction of sp³-hybridized carbons (Fsp3) is 0.706. The quantitative estimate of drug-likeness (QED) is 0.813. The molecule has 1 aromatic rings. The molecular weight excluding hydrogens is 328 g/mol. The van der Waals surface area contributed by atoms with Crippen LogP contribution in [0.25, 0.3) is 0 Å². The van der Waals surface area contributed by atoms with E-state index in [1.54, 1.807) is 0 Å². The lowest BCUT2D eigenvalue weighted by Crippen LogP contribution is -2.29. The first-order valence-corrected chi connectivity index (χ1v) is 8.87. The number of aromatic nitrogens is 1. The van der Waals surface area contributed by atoms with Crippen LogP contribution in [0, 0.1) is 11.8 Å². The van der Waals surface area contributed by atoms with Crippen molar-refractivity contribution in [2.24, 2.45) is 11.8 Å². The minimum Gasteiger partial charge on any atom is -0.474 e. The van der Waals surface area contributed by atoms with Gasteiger partial charge in [-0.1, -0.05) is 27.2 Å². The molecule has 0 spiro atoms. The molecule has 1 aliphatic rings. The predicted octanol–water partition coefficient (Wildman–Crippen LogP) is 4.55. The first-order chi connectivity index (χ1) is 10.1. The smallest absolute Gasteiger partial charge is 0.218 e. The Kier molecular flexibility index (Phi) is 6.49. The van der Waals surface area contributed by atoms with Crippen LogP contribution < -0.4 is 10.1 Å². The Morgan fingerprint density at radius 3 is 2.86 bits per heavy atom. The van der Waals surface area contributed by atoms with E-state index in [2.05, 4.69) is 53.1 Å². The molecule has 0 aromatic carbocycles. The number of hydrogen-bond acceptors (Lipinski definition) is 3. The second-order valence-electron chi connectivity index (χ2n) is 6.56. The molecule has 1 fully saturated rings. The summed E-state index contributed by atoms with van der Waals surface area (Å²) in [6.45, 7) is 8.53. The van der Waals surface area contributed by atoms with Crippen molar-refractivity contribution >= 4 is 15.9 Å². The monoisotopic (exact) mass is 354 g/mol. The minimum absolute atomic E-state index is 0.316. The molecule has 1 aromatic heterocycles. The van der Waals surface area contributed by atoms with Gasteiger partial charge in [-0.25, -0.2) is 4.98 Å². The lowest BCUT2D eigenvalue weighted by Gasteiger charge is -2.29. The molecule has 4 heteroatoms. The minimum atomic E-state index is 0.316. The van der Waals surface area contributed by atoms with Gasteiger partial charge in [-0.3, -0.25) is 0 Å².